The average Bonchev–Trinajstić information content (AvgIpc) is 2.26. The molecule has 0 saturated heterocycles. The van der Waals surface area contributed by atoms with E-state index in [1.54, 1.807) is 6.08 Å². The SMILES string of the molecule is CC=C(CC)OC(=O)c1ccc(O)cc1. The molecule has 1 aromatic rings. The summed E-state index contributed by atoms with van der Waals surface area (Å²) in [5.74, 6) is 0.381. The molecule has 0 fully saturated rings. The minimum Gasteiger partial charge on any atom is -0.508 e. The standard InChI is InChI=1S/C12H14O3/c1-3-11(4-2)15-12(14)9-5-7-10(13)8-6-9/h3,5-8,13H,4H2,1-2H3. The summed E-state index contributed by atoms with van der Waals surface area (Å²) in [6, 6.07) is 5.97. The van der Waals surface area contributed by atoms with Crippen molar-refractivity contribution in [3.63, 3.8) is 0 Å². The van der Waals surface area contributed by atoms with Crippen LogP contribution in [-0.2, 0) is 4.74 Å². The lowest BCUT2D eigenvalue weighted by Crippen LogP contribution is -2.04. The van der Waals surface area contributed by atoms with Gasteiger partial charge in [0.1, 0.15) is 11.5 Å². The van der Waals surface area contributed by atoms with Gasteiger partial charge < -0.3 is 9.84 Å². The molecule has 15 heavy (non-hydrogen) atoms. The minimum absolute atomic E-state index is 0.133. The summed E-state index contributed by atoms with van der Waals surface area (Å²) in [6.45, 7) is 3.74. The van der Waals surface area contributed by atoms with Crippen molar-refractivity contribution in [1.29, 1.82) is 0 Å². The largest absolute Gasteiger partial charge is 0.508 e. The highest BCUT2D eigenvalue weighted by Gasteiger charge is 2.08. The minimum atomic E-state index is -0.398. The maximum absolute atomic E-state index is 11.5. The van der Waals surface area contributed by atoms with Crippen LogP contribution in [0.5, 0.6) is 5.75 Å². The molecule has 0 heterocycles. The summed E-state index contributed by atoms with van der Waals surface area (Å²) in [7, 11) is 0. The number of esters is 1. The average molecular weight is 206 g/mol. The van der Waals surface area contributed by atoms with Crippen LogP contribution < -0.4 is 0 Å². The molecule has 0 radical (unpaired) electrons. The Kier molecular flexibility index (Phi) is 3.92. The van der Waals surface area contributed by atoms with Crippen molar-refractivity contribution >= 4 is 5.97 Å². The second-order valence-electron chi connectivity index (χ2n) is 3.04. The first-order valence-corrected chi connectivity index (χ1v) is 4.83. The molecule has 3 nitrogen and oxygen atoms in total. The highest BCUT2D eigenvalue weighted by molar-refractivity contribution is 5.90. The first kappa shape index (κ1) is 11.3. The number of carbonyl (C=O) groups is 1. The van der Waals surface area contributed by atoms with Crippen molar-refractivity contribution in [2.45, 2.75) is 20.3 Å². The zero-order chi connectivity index (χ0) is 11.3. The monoisotopic (exact) mass is 206 g/mol. The van der Waals surface area contributed by atoms with Gasteiger partial charge >= 0.3 is 5.97 Å². The lowest BCUT2D eigenvalue weighted by atomic mass is 10.2. The summed E-state index contributed by atoms with van der Waals surface area (Å²) in [6.07, 6.45) is 2.44. The number of benzene rings is 1. The van der Waals surface area contributed by atoms with Gasteiger partial charge in [0, 0.05) is 6.42 Å². The van der Waals surface area contributed by atoms with Crippen LogP contribution in [0.3, 0.4) is 0 Å². The highest BCUT2D eigenvalue weighted by Crippen LogP contribution is 2.13. The third-order valence-corrected chi connectivity index (χ3v) is 2.00. The number of phenols is 1. The summed E-state index contributed by atoms with van der Waals surface area (Å²) in [5, 5.41) is 9.05. The third kappa shape index (κ3) is 3.13. The first-order valence-electron chi connectivity index (χ1n) is 4.83. The number of ether oxygens (including phenoxy) is 1. The van der Waals surface area contributed by atoms with Crippen molar-refractivity contribution in [1.82, 2.24) is 0 Å². The van der Waals surface area contributed by atoms with Crippen LogP contribution in [0.15, 0.2) is 36.1 Å². The van der Waals surface area contributed by atoms with E-state index in [1.165, 1.54) is 24.3 Å². The van der Waals surface area contributed by atoms with Crippen molar-refractivity contribution in [2.75, 3.05) is 0 Å². The number of hydrogen-bond acceptors (Lipinski definition) is 3. The lowest BCUT2D eigenvalue weighted by Gasteiger charge is -2.05. The predicted molar refractivity (Wildman–Crippen MR) is 57.6 cm³/mol. The summed E-state index contributed by atoms with van der Waals surface area (Å²) < 4.78 is 5.12. The Labute approximate surface area is 89.0 Å². The van der Waals surface area contributed by atoms with Gasteiger partial charge in [-0.15, -0.1) is 0 Å². The predicted octanol–water partition coefficient (Wildman–Crippen LogP) is 2.86. The fraction of sp³-hybridized carbons (Fsp3) is 0.250. The molecule has 1 aromatic carbocycles. The van der Waals surface area contributed by atoms with Gasteiger partial charge in [-0.2, -0.15) is 0 Å². The molecule has 1 rings (SSSR count). The first-order chi connectivity index (χ1) is 7.17. The number of carbonyl (C=O) groups excluding carboxylic acids is 1. The van der Waals surface area contributed by atoms with Gasteiger partial charge in [-0.1, -0.05) is 6.92 Å². The Morgan fingerprint density at radius 2 is 2.00 bits per heavy atom. The zero-order valence-electron chi connectivity index (χ0n) is 8.86. The Bertz CT molecular complexity index is 363. The third-order valence-electron chi connectivity index (χ3n) is 2.00. The molecule has 0 bridgehead atoms. The Morgan fingerprint density at radius 1 is 1.40 bits per heavy atom. The van der Waals surface area contributed by atoms with Gasteiger partial charge in [0.2, 0.25) is 0 Å². The van der Waals surface area contributed by atoms with E-state index in [9.17, 15) is 4.79 Å². The smallest absolute Gasteiger partial charge is 0.343 e. The van der Waals surface area contributed by atoms with Gasteiger partial charge in [0.25, 0.3) is 0 Å². The molecule has 0 unspecified atom stereocenters. The van der Waals surface area contributed by atoms with Crippen LogP contribution in [0.25, 0.3) is 0 Å². The van der Waals surface area contributed by atoms with E-state index in [0.717, 1.165) is 0 Å². The summed E-state index contributed by atoms with van der Waals surface area (Å²) in [4.78, 5) is 11.5. The molecule has 0 saturated carbocycles. The second-order valence-corrected chi connectivity index (χ2v) is 3.04. The molecule has 0 aliphatic rings. The molecule has 0 atom stereocenters. The van der Waals surface area contributed by atoms with Crippen LogP contribution >= 0.6 is 0 Å². The van der Waals surface area contributed by atoms with Gasteiger partial charge in [-0.25, -0.2) is 4.79 Å². The maximum atomic E-state index is 11.5. The number of aromatic hydroxyl groups is 1. The molecular weight excluding hydrogens is 192 g/mol. The second kappa shape index (κ2) is 5.20. The maximum Gasteiger partial charge on any atom is 0.343 e. The molecule has 3 heteroatoms. The van der Waals surface area contributed by atoms with E-state index < -0.39 is 5.97 Å². The van der Waals surface area contributed by atoms with Crippen LogP contribution in [0.2, 0.25) is 0 Å². The molecule has 0 amide bonds. The molecule has 1 N–H and O–H groups in total. The van der Waals surface area contributed by atoms with E-state index >= 15 is 0 Å². The summed E-state index contributed by atoms with van der Waals surface area (Å²) >= 11 is 0. The number of allylic oxidation sites excluding steroid dienone is 2. The molecule has 0 aliphatic carbocycles. The van der Waals surface area contributed by atoms with Gasteiger partial charge in [-0.05, 0) is 37.3 Å². The van der Waals surface area contributed by atoms with Gasteiger partial charge in [0.05, 0.1) is 5.56 Å². The van der Waals surface area contributed by atoms with Crippen LogP contribution in [0.4, 0.5) is 0 Å². The molecule has 0 aromatic heterocycles. The number of rotatable bonds is 3. The Balaban J connectivity index is 2.73. The summed E-state index contributed by atoms with van der Waals surface area (Å²) in [5.41, 5.74) is 0.431. The van der Waals surface area contributed by atoms with Crippen LogP contribution in [0, 0.1) is 0 Å². The van der Waals surface area contributed by atoms with Crippen LogP contribution in [-0.4, -0.2) is 11.1 Å². The van der Waals surface area contributed by atoms with Gasteiger partial charge in [0.15, 0.2) is 0 Å². The van der Waals surface area contributed by atoms with Crippen molar-refractivity contribution in [3.05, 3.63) is 41.7 Å². The molecule has 80 valence electrons. The van der Waals surface area contributed by atoms with Gasteiger partial charge in [-0.3, -0.25) is 0 Å². The molecule has 0 spiro atoms. The Hall–Kier alpha value is -1.77. The topological polar surface area (TPSA) is 46.5 Å². The van der Waals surface area contributed by atoms with Crippen LogP contribution in [0.1, 0.15) is 30.6 Å². The number of hydrogen-bond donors (Lipinski definition) is 1. The Morgan fingerprint density at radius 3 is 2.47 bits per heavy atom. The van der Waals surface area contributed by atoms with E-state index in [1.807, 2.05) is 13.8 Å². The quantitative estimate of drug-likeness (QED) is 0.611. The van der Waals surface area contributed by atoms with E-state index in [0.29, 0.717) is 17.7 Å². The van der Waals surface area contributed by atoms with E-state index in [-0.39, 0.29) is 5.75 Å². The lowest BCUT2D eigenvalue weighted by molar-refractivity contribution is 0.0615. The van der Waals surface area contributed by atoms with Crippen molar-refractivity contribution < 1.29 is 14.6 Å². The van der Waals surface area contributed by atoms with Crippen molar-refractivity contribution in [2.24, 2.45) is 0 Å². The fourth-order valence-electron chi connectivity index (χ4n) is 1.11. The van der Waals surface area contributed by atoms with E-state index in [2.05, 4.69) is 0 Å². The normalized spacial score (nSPS) is 11.2. The molecular formula is C12H14O3. The van der Waals surface area contributed by atoms with E-state index in [4.69, 9.17) is 9.84 Å². The van der Waals surface area contributed by atoms with Crippen molar-refractivity contribution in [3.8, 4) is 5.75 Å². The highest BCUT2D eigenvalue weighted by atomic mass is 16.5. The number of phenolic OH excluding ortho intramolecular Hbond substituents is 1. The zero-order valence-corrected chi connectivity index (χ0v) is 8.86. The fourth-order valence-corrected chi connectivity index (χ4v) is 1.11. The molecule has 0 aliphatic heterocycles.